The number of carbonyl (C=O) groups excluding carboxylic acids is 1. The second-order valence-corrected chi connectivity index (χ2v) is 15.0. The van der Waals surface area contributed by atoms with Crippen molar-refractivity contribution < 1.29 is 23.9 Å². The van der Waals surface area contributed by atoms with Crippen LogP contribution in [0.15, 0.2) is 59.3 Å². The Bertz CT molecular complexity index is 2100. The molecule has 0 aliphatic carbocycles. The van der Waals surface area contributed by atoms with Gasteiger partial charge in [0.15, 0.2) is 0 Å². The normalized spacial score (nSPS) is 16.5. The third-order valence-corrected chi connectivity index (χ3v) is 11.7. The highest BCUT2D eigenvalue weighted by molar-refractivity contribution is 7.17. The molecule has 1 aliphatic rings. The molecule has 0 bridgehead atoms. The number of fused-ring (bicyclic) bond motifs is 3. The van der Waals surface area contributed by atoms with Crippen LogP contribution in [0, 0.1) is 0 Å². The van der Waals surface area contributed by atoms with Crippen molar-refractivity contribution in [1.82, 2.24) is 15.0 Å². The molecule has 12 heteroatoms. The molecule has 4 heterocycles. The average molecular weight is 674 g/mol. The van der Waals surface area contributed by atoms with E-state index in [0.717, 1.165) is 53.4 Å². The van der Waals surface area contributed by atoms with Crippen molar-refractivity contribution in [1.29, 1.82) is 0 Å². The highest BCUT2D eigenvalue weighted by atomic mass is 35.5. The maximum absolute atomic E-state index is 13.7. The van der Waals surface area contributed by atoms with Crippen LogP contribution >= 0.6 is 34.3 Å². The minimum atomic E-state index is -0.529. The lowest BCUT2D eigenvalue weighted by Crippen LogP contribution is -2.41. The van der Waals surface area contributed by atoms with Gasteiger partial charge in [-0.2, -0.15) is 0 Å². The number of benzene rings is 3. The van der Waals surface area contributed by atoms with E-state index >= 15 is 0 Å². The molecule has 6 aromatic rings. The standard InChI is InChI=1S/C34H33BClN3O5S2/c1-33(2)34(3,4)44-35(43-33)24-14-20-9-11-46-32(20)23(15-24)18-42-28(41)16-26(21-12-19-8-10-45-31(19)22(13-21)17-40)25-6-7-27-30(29(25)36)37-38-39(27)5/h6-15,26,40H,16-18H2,1-5H3. The van der Waals surface area contributed by atoms with Crippen molar-refractivity contribution in [2.24, 2.45) is 7.05 Å². The van der Waals surface area contributed by atoms with E-state index in [1.54, 1.807) is 27.4 Å². The van der Waals surface area contributed by atoms with Gasteiger partial charge >= 0.3 is 13.1 Å². The lowest BCUT2D eigenvalue weighted by atomic mass is 9.78. The van der Waals surface area contributed by atoms with E-state index in [2.05, 4.69) is 28.5 Å². The van der Waals surface area contributed by atoms with Gasteiger partial charge in [-0.1, -0.05) is 41.1 Å². The Hall–Kier alpha value is -3.32. The van der Waals surface area contributed by atoms with Crippen molar-refractivity contribution in [2.45, 2.75) is 64.4 Å². The molecule has 0 spiro atoms. The van der Waals surface area contributed by atoms with Crippen LogP contribution in [0.5, 0.6) is 0 Å². The number of aromatic nitrogens is 3. The number of aliphatic hydroxyl groups is 1. The van der Waals surface area contributed by atoms with E-state index in [1.807, 2.05) is 75.8 Å². The summed E-state index contributed by atoms with van der Waals surface area (Å²) in [7, 11) is 1.28. The van der Waals surface area contributed by atoms with Gasteiger partial charge in [0.2, 0.25) is 0 Å². The summed E-state index contributed by atoms with van der Waals surface area (Å²) < 4.78 is 22.4. The van der Waals surface area contributed by atoms with Crippen LogP contribution in [0.25, 0.3) is 31.2 Å². The van der Waals surface area contributed by atoms with Gasteiger partial charge < -0.3 is 19.2 Å². The van der Waals surface area contributed by atoms with Crippen molar-refractivity contribution in [3.8, 4) is 0 Å². The van der Waals surface area contributed by atoms with E-state index in [4.69, 9.17) is 25.6 Å². The first-order chi connectivity index (χ1) is 22.0. The third-order valence-electron chi connectivity index (χ3n) is 9.29. The summed E-state index contributed by atoms with van der Waals surface area (Å²) in [5.74, 6) is -0.819. The Morgan fingerprint density at radius 2 is 1.67 bits per heavy atom. The Balaban J connectivity index is 1.20. The first-order valence-corrected chi connectivity index (χ1v) is 17.2. The third kappa shape index (κ3) is 5.42. The first kappa shape index (κ1) is 31.3. The van der Waals surface area contributed by atoms with Gasteiger partial charge in [-0.25, -0.2) is 4.68 Å². The zero-order chi connectivity index (χ0) is 32.4. The minimum absolute atomic E-state index is 0.0382. The van der Waals surface area contributed by atoms with Gasteiger partial charge in [0, 0.05) is 27.9 Å². The Morgan fingerprint density at radius 3 is 2.37 bits per heavy atom. The molecule has 0 radical (unpaired) electrons. The van der Waals surface area contributed by atoms with Crippen LogP contribution in [0.4, 0.5) is 0 Å². The van der Waals surface area contributed by atoms with Gasteiger partial charge in [-0.15, -0.1) is 27.8 Å². The summed E-state index contributed by atoms with van der Waals surface area (Å²) in [5.41, 5.74) is 4.61. The maximum atomic E-state index is 13.7. The van der Waals surface area contributed by atoms with Crippen LogP contribution in [-0.4, -0.2) is 44.4 Å². The predicted octanol–water partition coefficient (Wildman–Crippen LogP) is 7.11. The second-order valence-electron chi connectivity index (χ2n) is 12.8. The fraction of sp³-hybridized carbons (Fsp3) is 0.324. The second kappa shape index (κ2) is 11.7. The SMILES string of the molecule is Cn1nnc2c(Cl)c(C(CC(=O)OCc3cc(B4OC(C)(C)C(C)(C)O4)cc4ccsc34)c3cc(CO)c4sccc4c3)ccc21. The highest BCUT2D eigenvalue weighted by Gasteiger charge is 2.51. The quantitative estimate of drug-likeness (QED) is 0.136. The number of hydrogen-bond donors (Lipinski definition) is 1. The summed E-state index contributed by atoms with van der Waals surface area (Å²) in [6.07, 6.45) is 0.0382. The molecule has 3 aromatic heterocycles. The number of carbonyl (C=O) groups is 1. The number of hydrogen-bond acceptors (Lipinski definition) is 9. The molecule has 1 N–H and O–H groups in total. The number of aryl methyl sites for hydroxylation is 1. The van der Waals surface area contributed by atoms with Gasteiger partial charge in [0.25, 0.3) is 0 Å². The number of rotatable bonds is 8. The van der Waals surface area contributed by atoms with Crippen molar-refractivity contribution in [3.05, 3.63) is 86.6 Å². The zero-order valence-electron chi connectivity index (χ0n) is 26.2. The fourth-order valence-corrected chi connectivity index (χ4v) is 8.15. The Kier molecular flexibility index (Phi) is 7.98. The van der Waals surface area contributed by atoms with Crippen LogP contribution < -0.4 is 5.46 Å². The molecule has 1 fully saturated rings. The molecule has 0 amide bonds. The zero-order valence-corrected chi connectivity index (χ0v) is 28.6. The van der Waals surface area contributed by atoms with E-state index in [-0.39, 0.29) is 25.6 Å². The number of halogens is 1. The topological polar surface area (TPSA) is 95.7 Å². The fourth-order valence-electron chi connectivity index (χ4n) is 6.05. The van der Waals surface area contributed by atoms with Crippen molar-refractivity contribution in [2.75, 3.05) is 0 Å². The van der Waals surface area contributed by atoms with E-state index < -0.39 is 24.2 Å². The summed E-state index contributed by atoms with van der Waals surface area (Å²) >= 11 is 10.1. The van der Waals surface area contributed by atoms with E-state index in [9.17, 15) is 9.90 Å². The molecule has 236 valence electrons. The molecule has 46 heavy (non-hydrogen) atoms. The van der Waals surface area contributed by atoms with Crippen LogP contribution in [0.3, 0.4) is 0 Å². The van der Waals surface area contributed by atoms with Crippen molar-refractivity contribution >= 4 is 84.0 Å². The van der Waals surface area contributed by atoms with Gasteiger partial charge in [-0.05, 0) is 95.6 Å². The van der Waals surface area contributed by atoms with Gasteiger partial charge in [0.05, 0.1) is 34.8 Å². The largest absolute Gasteiger partial charge is 0.494 e. The van der Waals surface area contributed by atoms with Crippen LogP contribution in [0.2, 0.25) is 5.02 Å². The molecule has 0 saturated carbocycles. The lowest BCUT2D eigenvalue weighted by Gasteiger charge is -2.32. The first-order valence-electron chi connectivity index (χ1n) is 15.1. The van der Waals surface area contributed by atoms with E-state index in [0.29, 0.717) is 10.5 Å². The molecule has 1 unspecified atom stereocenters. The molecule has 1 aliphatic heterocycles. The molecule has 7 rings (SSSR count). The smallest absolute Gasteiger partial charge is 0.461 e. The van der Waals surface area contributed by atoms with Gasteiger partial charge in [-0.3, -0.25) is 4.79 Å². The molecule has 8 nitrogen and oxygen atoms in total. The number of esters is 1. The summed E-state index contributed by atoms with van der Waals surface area (Å²) in [5, 5.41) is 25.1. The molecular formula is C34H33BClN3O5S2. The number of nitrogens with zero attached hydrogens (tertiary/aromatic N) is 3. The van der Waals surface area contributed by atoms with Crippen LogP contribution in [0.1, 0.15) is 62.3 Å². The number of aliphatic hydroxyl groups excluding tert-OH is 1. The molecular weight excluding hydrogens is 641 g/mol. The Labute approximate surface area is 280 Å². The highest BCUT2D eigenvalue weighted by Crippen LogP contribution is 2.40. The maximum Gasteiger partial charge on any atom is 0.494 e. The molecule has 1 atom stereocenters. The number of ether oxygens (including phenoxy) is 1. The molecule has 1 saturated heterocycles. The predicted molar refractivity (Wildman–Crippen MR) is 185 cm³/mol. The van der Waals surface area contributed by atoms with Crippen LogP contribution in [-0.2, 0) is 39.1 Å². The van der Waals surface area contributed by atoms with Crippen molar-refractivity contribution in [3.63, 3.8) is 0 Å². The van der Waals surface area contributed by atoms with E-state index in [1.165, 1.54) is 0 Å². The lowest BCUT2D eigenvalue weighted by molar-refractivity contribution is -0.145. The number of thiophene rings is 2. The monoisotopic (exact) mass is 673 g/mol. The Morgan fingerprint density at radius 1 is 1.00 bits per heavy atom. The summed E-state index contributed by atoms with van der Waals surface area (Å²) in [4.78, 5) is 13.7. The minimum Gasteiger partial charge on any atom is -0.461 e. The molecule has 3 aromatic carbocycles. The summed E-state index contributed by atoms with van der Waals surface area (Å²) in [6, 6.07) is 16.0. The summed E-state index contributed by atoms with van der Waals surface area (Å²) in [6.45, 7) is 8.10. The average Bonchev–Trinajstić information content (AvgIpc) is 3.81. The van der Waals surface area contributed by atoms with Gasteiger partial charge in [0.1, 0.15) is 12.1 Å².